The highest BCUT2D eigenvalue weighted by molar-refractivity contribution is 5.79. The predicted octanol–water partition coefficient (Wildman–Crippen LogP) is 0.733. The standard InChI is InChI=1S/C8H13NO2/c9-8(6(10)11)4-3-7(5-8)1-2-7/h1-5,9H2,(H,10,11). The summed E-state index contributed by atoms with van der Waals surface area (Å²) in [6.07, 6.45) is 4.78. The van der Waals surface area contributed by atoms with Gasteiger partial charge in [0.25, 0.3) is 0 Å². The van der Waals surface area contributed by atoms with Crippen LogP contribution < -0.4 is 5.73 Å². The molecule has 62 valence electrons. The SMILES string of the molecule is NC1(C(=O)O)CCC2(CC2)C1. The number of hydrogen-bond acceptors (Lipinski definition) is 2. The first kappa shape index (κ1) is 7.10. The largest absolute Gasteiger partial charge is 0.480 e. The van der Waals surface area contributed by atoms with Gasteiger partial charge in [-0.05, 0) is 37.5 Å². The maximum atomic E-state index is 10.7. The zero-order valence-corrected chi connectivity index (χ0v) is 6.47. The summed E-state index contributed by atoms with van der Waals surface area (Å²) in [7, 11) is 0. The van der Waals surface area contributed by atoms with Crippen molar-refractivity contribution in [2.24, 2.45) is 11.1 Å². The normalized spacial score (nSPS) is 39.4. The summed E-state index contributed by atoms with van der Waals surface area (Å²) in [6.45, 7) is 0. The molecule has 2 rings (SSSR count). The lowest BCUT2D eigenvalue weighted by atomic mass is 9.96. The minimum atomic E-state index is -0.892. The summed E-state index contributed by atoms with van der Waals surface area (Å²) in [5.41, 5.74) is 5.18. The Balaban J connectivity index is 2.13. The third-order valence-corrected chi connectivity index (χ3v) is 3.17. The molecule has 0 amide bonds. The molecule has 1 unspecified atom stereocenters. The molecule has 2 aliphatic carbocycles. The van der Waals surface area contributed by atoms with Crippen molar-refractivity contribution in [3.05, 3.63) is 0 Å². The van der Waals surface area contributed by atoms with E-state index in [4.69, 9.17) is 10.8 Å². The van der Waals surface area contributed by atoms with Gasteiger partial charge in [-0.15, -0.1) is 0 Å². The minimum Gasteiger partial charge on any atom is -0.480 e. The van der Waals surface area contributed by atoms with Gasteiger partial charge in [0.05, 0.1) is 0 Å². The Morgan fingerprint density at radius 2 is 1.82 bits per heavy atom. The van der Waals surface area contributed by atoms with E-state index < -0.39 is 11.5 Å². The monoisotopic (exact) mass is 155 g/mol. The third-order valence-electron chi connectivity index (χ3n) is 3.17. The molecular weight excluding hydrogens is 142 g/mol. The van der Waals surface area contributed by atoms with Crippen LogP contribution in [0.1, 0.15) is 32.1 Å². The molecule has 2 saturated carbocycles. The van der Waals surface area contributed by atoms with Crippen molar-refractivity contribution in [2.75, 3.05) is 0 Å². The number of aliphatic carboxylic acids is 1. The molecule has 0 bridgehead atoms. The van der Waals surface area contributed by atoms with Crippen molar-refractivity contribution < 1.29 is 9.90 Å². The van der Waals surface area contributed by atoms with Crippen molar-refractivity contribution in [1.29, 1.82) is 0 Å². The summed E-state index contributed by atoms with van der Waals surface area (Å²) in [5, 5.41) is 8.81. The van der Waals surface area contributed by atoms with E-state index in [0.717, 1.165) is 6.42 Å². The van der Waals surface area contributed by atoms with Crippen molar-refractivity contribution in [3.8, 4) is 0 Å². The van der Waals surface area contributed by atoms with Gasteiger partial charge in [0.1, 0.15) is 5.54 Å². The van der Waals surface area contributed by atoms with Gasteiger partial charge in [0.2, 0.25) is 0 Å². The lowest BCUT2D eigenvalue weighted by Gasteiger charge is -2.17. The number of rotatable bonds is 1. The molecule has 1 atom stereocenters. The molecule has 2 fully saturated rings. The average Bonchev–Trinajstić information content (AvgIpc) is 2.55. The molecule has 0 heterocycles. The van der Waals surface area contributed by atoms with Gasteiger partial charge in [-0.1, -0.05) is 0 Å². The Kier molecular flexibility index (Phi) is 1.15. The molecule has 1 spiro atoms. The van der Waals surface area contributed by atoms with Crippen LogP contribution in [0.15, 0.2) is 0 Å². The van der Waals surface area contributed by atoms with E-state index in [9.17, 15) is 4.79 Å². The average molecular weight is 155 g/mol. The third kappa shape index (κ3) is 0.948. The zero-order valence-electron chi connectivity index (χ0n) is 6.47. The first-order chi connectivity index (χ1) is 5.06. The fraction of sp³-hybridized carbons (Fsp3) is 0.875. The fourth-order valence-corrected chi connectivity index (χ4v) is 2.12. The van der Waals surface area contributed by atoms with Gasteiger partial charge >= 0.3 is 5.97 Å². The minimum absolute atomic E-state index is 0.354. The van der Waals surface area contributed by atoms with E-state index in [-0.39, 0.29) is 0 Å². The first-order valence-electron chi connectivity index (χ1n) is 4.09. The summed E-state index contributed by atoms with van der Waals surface area (Å²) in [4.78, 5) is 10.7. The summed E-state index contributed by atoms with van der Waals surface area (Å²) in [6, 6.07) is 0. The van der Waals surface area contributed by atoms with Crippen LogP contribution in [0.2, 0.25) is 0 Å². The van der Waals surface area contributed by atoms with Crippen LogP contribution in [0.5, 0.6) is 0 Å². The number of carboxylic acids is 1. The van der Waals surface area contributed by atoms with Gasteiger partial charge in [-0.3, -0.25) is 4.79 Å². The Morgan fingerprint density at radius 3 is 2.09 bits per heavy atom. The summed E-state index contributed by atoms with van der Waals surface area (Å²) >= 11 is 0. The van der Waals surface area contributed by atoms with E-state index in [1.165, 1.54) is 12.8 Å². The Morgan fingerprint density at radius 1 is 1.27 bits per heavy atom. The second kappa shape index (κ2) is 1.78. The Labute approximate surface area is 65.6 Å². The highest BCUT2D eigenvalue weighted by Gasteiger charge is 2.56. The van der Waals surface area contributed by atoms with Crippen LogP contribution in [0.25, 0.3) is 0 Å². The van der Waals surface area contributed by atoms with Crippen LogP contribution in [0.4, 0.5) is 0 Å². The molecule has 3 nitrogen and oxygen atoms in total. The zero-order chi connectivity index (χ0) is 8.11. The molecule has 3 heteroatoms. The second-order valence-electron chi connectivity index (χ2n) is 4.14. The Hall–Kier alpha value is -0.570. The highest BCUT2D eigenvalue weighted by Crippen LogP contribution is 2.60. The number of carbonyl (C=O) groups is 1. The summed E-state index contributed by atoms with van der Waals surface area (Å²) in [5.74, 6) is -0.818. The van der Waals surface area contributed by atoms with Gasteiger partial charge in [0.15, 0.2) is 0 Å². The molecule has 2 aliphatic rings. The molecular formula is C8H13NO2. The smallest absolute Gasteiger partial charge is 0.323 e. The molecule has 0 aromatic carbocycles. The van der Waals surface area contributed by atoms with Crippen LogP contribution >= 0.6 is 0 Å². The molecule has 0 aliphatic heterocycles. The number of nitrogens with two attached hydrogens (primary N) is 1. The van der Waals surface area contributed by atoms with Crippen molar-refractivity contribution in [2.45, 2.75) is 37.6 Å². The van der Waals surface area contributed by atoms with Crippen molar-refractivity contribution in [3.63, 3.8) is 0 Å². The predicted molar refractivity (Wildman–Crippen MR) is 40.1 cm³/mol. The molecule has 11 heavy (non-hydrogen) atoms. The van der Waals surface area contributed by atoms with Gasteiger partial charge in [-0.2, -0.15) is 0 Å². The molecule has 0 aromatic heterocycles. The van der Waals surface area contributed by atoms with Crippen LogP contribution in [-0.4, -0.2) is 16.6 Å². The van der Waals surface area contributed by atoms with Gasteiger partial charge in [0, 0.05) is 0 Å². The van der Waals surface area contributed by atoms with E-state index in [2.05, 4.69) is 0 Å². The van der Waals surface area contributed by atoms with E-state index in [1.54, 1.807) is 0 Å². The van der Waals surface area contributed by atoms with E-state index in [0.29, 0.717) is 18.3 Å². The quantitative estimate of drug-likeness (QED) is 0.586. The van der Waals surface area contributed by atoms with Crippen LogP contribution in [0.3, 0.4) is 0 Å². The van der Waals surface area contributed by atoms with Gasteiger partial charge < -0.3 is 10.8 Å². The second-order valence-corrected chi connectivity index (χ2v) is 4.14. The van der Waals surface area contributed by atoms with Gasteiger partial charge in [-0.25, -0.2) is 0 Å². The Bertz CT molecular complexity index is 210. The molecule has 0 aromatic rings. The number of carboxylic acid groups (broad SMARTS) is 1. The van der Waals surface area contributed by atoms with Crippen LogP contribution in [0, 0.1) is 5.41 Å². The first-order valence-corrected chi connectivity index (χ1v) is 4.09. The molecule has 3 N–H and O–H groups in total. The van der Waals surface area contributed by atoms with E-state index in [1.807, 2.05) is 0 Å². The van der Waals surface area contributed by atoms with Crippen molar-refractivity contribution >= 4 is 5.97 Å². The topological polar surface area (TPSA) is 63.3 Å². The molecule has 0 saturated heterocycles. The maximum Gasteiger partial charge on any atom is 0.323 e. The van der Waals surface area contributed by atoms with E-state index >= 15 is 0 Å². The maximum absolute atomic E-state index is 10.7. The lowest BCUT2D eigenvalue weighted by Crippen LogP contribution is -2.45. The summed E-state index contributed by atoms with van der Waals surface area (Å²) < 4.78 is 0. The van der Waals surface area contributed by atoms with Crippen molar-refractivity contribution in [1.82, 2.24) is 0 Å². The van der Waals surface area contributed by atoms with Crippen LogP contribution in [-0.2, 0) is 4.79 Å². The fourth-order valence-electron chi connectivity index (χ4n) is 2.12. The lowest BCUT2D eigenvalue weighted by molar-refractivity contribution is -0.143. The number of hydrogen-bond donors (Lipinski definition) is 2. The highest BCUT2D eigenvalue weighted by atomic mass is 16.4. The molecule has 0 radical (unpaired) electrons.